The smallest absolute Gasteiger partial charge is 0.213 e. The average molecular weight is 211 g/mol. The minimum Gasteiger partial charge on any atom is -0.478 e. The summed E-state index contributed by atoms with van der Waals surface area (Å²) in [7, 11) is 0. The molecule has 0 unspecified atom stereocenters. The van der Waals surface area contributed by atoms with Crippen molar-refractivity contribution in [1.82, 2.24) is 4.98 Å². The summed E-state index contributed by atoms with van der Waals surface area (Å²) in [6, 6.07) is 3.89. The van der Waals surface area contributed by atoms with Gasteiger partial charge in [0.15, 0.2) is 0 Å². The zero-order valence-electron chi connectivity index (χ0n) is 10.1. The first kappa shape index (κ1) is 13.9. The molecule has 0 radical (unpaired) electrons. The molecule has 0 aliphatic carbocycles. The van der Waals surface area contributed by atoms with Crippen molar-refractivity contribution in [3.63, 3.8) is 0 Å². The van der Waals surface area contributed by atoms with Crippen LogP contribution in [0.5, 0.6) is 5.88 Å². The van der Waals surface area contributed by atoms with Crippen LogP contribution in [0.3, 0.4) is 0 Å². The highest BCUT2D eigenvalue weighted by Crippen LogP contribution is 2.11. The van der Waals surface area contributed by atoms with Crippen LogP contribution in [0.2, 0.25) is 0 Å². The number of rotatable bonds is 4. The lowest BCUT2D eigenvalue weighted by Gasteiger charge is -2.05. The predicted molar refractivity (Wildman–Crippen MR) is 62.3 cm³/mol. The summed E-state index contributed by atoms with van der Waals surface area (Å²) in [5, 5.41) is 8.55. The molecule has 1 rings (SSSR count). The molecule has 0 atom stereocenters. The summed E-state index contributed by atoms with van der Waals surface area (Å²) in [6.45, 7) is 8.62. The van der Waals surface area contributed by atoms with E-state index in [1.54, 1.807) is 0 Å². The van der Waals surface area contributed by atoms with Gasteiger partial charge in [0.1, 0.15) is 0 Å². The first-order valence-corrected chi connectivity index (χ1v) is 5.41. The molecule has 0 saturated carbocycles. The van der Waals surface area contributed by atoms with Crippen LogP contribution in [-0.2, 0) is 0 Å². The maximum atomic E-state index is 8.55. The van der Waals surface area contributed by atoms with E-state index in [1.165, 1.54) is 0 Å². The number of aliphatic hydroxyl groups excluding tert-OH is 1. The van der Waals surface area contributed by atoms with Crippen LogP contribution < -0.4 is 4.74 Å². The fourth-order valence-electron chi connectivity index (χ4n) is 1.12. The Bertz CT molecular complexity index is 254. The molecule has 1 N–H and O–H groups in total. The Morgan fingerprint density at radius 3 is 2.47 bits per heavy atom. The molecular formula is C12H21NO2. The molecule has 0 aliphatic heterocycles. The number of hydrogen-bond donors (Lipinski definition) is 1. The molecule has 0 bridgehead atoms. The Hall–Kier alpha value is -1.09. The molecule has 0 amide bonds. The molecule has 15 heavy (non-hydrogen) atoms. The molecule has 3 nitrogen and oxygen atoms in total. The van der Waals surface area contributed by atoms with Crippen molar-refractivity contribution < 1.29 is 9.84 Å². The first-order chi connectivity index (χ1) is 7.22. The van der Waals surface area contributed by atoms with E-state index in [-0.39, 0.29) is 6.61 Å². The van der Waals surface area contributed by atoms with Gasteiger partial charge in [-0.05, 0) is 25.5 Å². The molecule has 1 aromatic heterocycles. The second-order valence-electron chi connectivity index (χ2n) is 3.05. The Kier molecular flexibility index (Phi) is 7.64. The van der Waals surface area contributed by atoms with E-state index in [0.29, 0.717) is 18.9 Å². The van der Waals surface area contributed by atoms with Gasteiger partial charge in [-0.15, -0.1) is 0 Å². The fourth-order valence-corrected chi connectivity index (χ4v) is 1.12. The van der Waals surface area contributed by atoms with E-state index in [4.69, 9.17) is 9.84 Å². The molecule has 1 heterocycles. The maximum absolute atomic E-state index is 8.55. The Morgan fingerprint density at radius 2 is 1.93 bits per heavy atom. The van der Waals surface area contributed by atoms with Crippen molar-refractivity contribution in [3.05, 3.63) is 23.4 Å². The van der Waals surface area contributed by atoms with Crippen LogP contribution in [0.1, 0.15) is 31.5 Å². The van der Waals surface area contributed by atoms with E-state index < -0.39 is 0 Å². The monoisotopic (exact) mass is 211 g/mol. The van der Waals surface area contributed by atoms with E-state index in [9.17, 15) is 0 Å². The van der Waals surface area contributed by atoms with Crippen LogP contribution in [-0.4, -0.2) is 23.3 Å². The molecule has 0 aromatic carbocycles. The van der Waals surface area contributed by atoms with Gasteiger partial charge in [0.2, 0.25) is 5.88 Å². The van der Waals surface area contributed by atoms with Crippen LogP contribution in [0.4, 0.5) is 0 Å². The van der Waals surface area contributed by atoms with Crippen LogP contribution in [0.15, 0.2) is 12.1 Å². The first-order valence-electron chi connectivity index (χ1n) is 5.41. The SMILES string of the molecule is CC.Cc1cc(C)nc(OCCCO)c1. The molecule has 86 valence electrons. The van der Waals surface area contributed by atoms with Gasteiger partial charge in [-0.2, -0.15) is 0 Å². The third kappa shape index (κ3) is 6.07. The van der Waals surface area contributed by atoms with Crippen LogP contribution in [0.25, 0.3) is 0 Å². The third-order valence-electron chi connectivity index (χ3n) is 1.63. The van der Waals surface area contributed by atoms with Crippen LogP contribution in [0, 0.1) is 13.8 Å². The second kappa shape index (κ2) is 8.24. The Labute approximate surface area is 92.1 Å². The summed E-state index contributed by atoms with van der Waals surface area (Å²) in [4.78, 5) is 4.20. The number of aryl methyl sites for hydroxylation is 2. The van der Waals surface area contributed by atoms with Gasteiger partial charge >= 0.3 is 0 Å². The van der Waals surface area contributed by atoms with Crippen molar-refractivity contribution >= 4 is 0 Å². The molecule has 0 saturated heterocycles. The van der Waals surface area contributed by atoms with Gasteiger partial charge in [-0.1, -0.05) is 13.8 Å². The van der Waals surface area contributed by atoms with Gasteiger partial charge in [0.05, 0.1) is 6.61 Å². The summed E-state index contributed by atoms with van der Waals surface area (Å²) < 4.78 is 5.34. The summed E-state index contributed by atoms with van der Waals surface area (Å²) in [5.41, 5.74) is 2.10. The standard InChI is InChI=1S/C10H15NO2.C2H6/c1-8-6-9(2)11-10(7-8)13-5-3-4-12;1-2/h6-7,12H,3-5H2,1-2H3;1-2H3. The van der Waals surface area contributed by atoms with Crippen molar-refractivity contribution in [3.8, 4) is 5.88 Å². The van der Waals surface area contributed by atoms with Gasteiger partial charge in [0, 0.05) is 24.8 Å². The summed E-state index contributed by atoms with van der Waals surface area (Å²) >= 11 is 0. The molecule has 0 aliphatic rings. The molecular weight excluding hydrogens is 190 g/mol. The molecule has 3 heteroatoms. The molecule has 1 aromatic rings. The third-order valence-corrected chi connectivity index (χ3v) is 1.63. The van der Waals surface area contributed by atoms with E-state index >= 15 is 0 Å². The summed E-state index contributed by atoms with van der Waals surface area (Å²) in [5.74, 6) is 0.644. The van der Waals surface area contributed by atoms with E-state index in [1.807, 2.05) is 39.8 Å². The van der Waals surface area contributed by atoms with Crippen molar-refractivity contribution in [1.29, 1.82) is 0 Å². The Morgan fingerprint density at radius 1 is 1.27 bits per heavy atom. The van der Waals surface area contributed by atoms with Gasteiger partial charge < -0.3 is 9.84 Å². The van der Waals surface area contributed by atoms with E-state index in [0.717, 1.165) is 11.3 Å². The summed E-state index contributed by atoms with van der Waals surface area (Å²) in [6.07, 6.45) is 0.647. The largest absolute Gasteiger partial charge is 0.478 e. The zero-order valence-corrected chi connectivity index (χ0v) is 10.1. The normalized spacial score (nSPS) is 9.13. The van der Waals surface area contributed by atoms with Crippen molar-refractivity contribution in [2.75, 3.05) is 13.2 Å². The van der Waals surface area contributed by atoms with Crippen molar-refractivity contribution in [2.24, 2.45) is 0 Å². The number of aromatic nitrogens is 1. The lowest BCUT2D eigenvalue weighted by atomic mass is 10.2. The lowest BCUT2D eigenvalue weighted by molar-refractivity contribution is 0.229. The topological polar surface area (TPSA) is 42.4 Å². The quantitative estimate of drug-likeness (QED) is 0.778. The van der Waals surface area contributed by atoms with Gasteiger partial charge in [-0.3, -0.25) is 0 Å². The highest BCUT2D eigenvalue weighted by Gasteiger charge is 1.97. The average Bonchev–Trinajstić information content (AvgIpc) is 2.20. The zero-order chi connectivity index (χ0) is 11.7. The minimum atomic E-state index is 0.158. The van der Waals surface area contributed by atoms with Gasteiger partial charge in [-0.25, -0.2) is 4.98 Å². The highest BCUT2D eigenvalue weighted by atomic mass is 16.5. The number of hydrogen-bond acceptors (Lipinski definition) is 3. The minimum absolute atomic E-state index is 0.158. The highest BCUT2D eigenvalue weighted by molar-refractivity contribution is 5.23. The molecule has 0 spiro atoms. The number of aliphatic hydroxyl groups is 1. The second-order valence-corrected chi connectivity index (χ2v) is 3.05. The molecule has 0 fully saturated rings. The lowest BCUT2D eigenvalue weighted by Crippen LogP contribution is -2.01. The van der Waals surface area contributed by atoms with Gasteiger partial charge in [0.25, 0.3) is 0 Å². The Balaban J connectivity index is 0.000000921. The number of pyridine rings is 1. The predicted octanol–water partition coefficient (Wildman–Crippen LogP) is 2.49. The fraction of sp³-hybridized carbons (Fsp3) is 0.583. The van der Waals surface area contributed by atoms with E-state index in [2.05, 4.69) is 4.98 Å². The number of ether oxygens (including phenoxy) is 1. The van der Waals surface area contributed by atoms with Crippen LogP contribution >= 0.6 is 0 Å². The van der Waals surface area contributed by atoms with Crippen molar-refractivity contribution in [2.45, 2.75) is 34.1 Å². The number of nitrogens with zero attached hydrogens (tertiary/aromatic N) is 1. The maximum Gasteiger partial charge on any atom is 0.213 e.